The van der Waals surface area contributed by atoms with E-state index in [0.29, 0.717) is 6.04 Å². The lowest BCUT2D eigenvalue weighted by molar-refractivity contribution is 0.575. The van der Waals surface area contributed by atoms with Crippen LogP contribution in [0.3, 0.4) is 0 Å². The molecule has 0 aliphatic rings. The van der Waals surface area contributed by atoms with Crippen LogP contribution in [-0.4, -0.2) is 10.2 Å². The highest BCUT2D eigenvalue weighted by Crippen LogP contribution is 2.18. The van der Waals surface area contributed by atoms with Crippen molar-refractivity contribution in [2.45, 2.75) is 19.5 Å². The van der Waals surface area contributed by atoms with Crippen molar-refractivity contribution in [2.24, 2.45) is 0 Å². The summed E-state index contributed by atoms with van der Waals surface area (Å²) in [4.78, 5) is 1.37. The van der Waals surface area contributed by atoms with Crippen molar-refractivity contribution < 1.29 is 0 Å². The number of nitrogens with one attached hydrogen (secondary N) is 2. The third-order valence-electron chi connectivity index (χ3n) is 2.13. The van der Waals surface area contributed by atoms with Gasteiger partial charge in [0, 0.05) is 29.4 Å². The van der Waals surface area contributed by atoms with Crippen LogP contribution in [-0.2, 0) is 6.54 Å². The molecule has 2 aromatic rings. The van der Waals surface area contributed by atoms with Gasteiger partial charge >= 0.3 is 0 Å². The predicted octanol–water partition coefficient (Wildman–Crippen LogP) is 2.32. The van der Waals surface area contributed by atoms with Crippen LogP contribution in [0.2, 0.25) is 0 Å². The fourth-order valence-electron chi connectivity index (χ4n) is 1.28. The number of aromatic amines is 1. The Balaban J connectivity index is 1.87. The lowest BCUT2D eigenvalue weighted by Gasteiger charge is -2.10. The SMILES string of the molecule is CC(NCc1ccn[nH]1)c1cccs1. The van der Waals surface area contributed by atoms with Crippen LogP contribution in [0.4, 0.5) is 0 Å². The molecule has 2 N–H and O–H groups in total. The van der Waals surface area contributed by atoms with Crippen molar-refractivity contribution in [3.05, 3.63) is 40.3 Å². The van der Waals surface area contributed by atoms with E-state index in [1.807, 2.05) is 6.07 Å². The van der Waals surface area contributed by atoms with Gasteiger partial charge < -0.3 is 5.32 Å². The molecule has 3 nitrogen and oxygen atoms in total. The van der Waals surface area contributed by atoms with Crippen LogP contribution in [0.5, 0.6) is 0 Å². The van der Waals surface area contributed by atoms with Gasteiger partial charge in [0.15, 0.2) is 0 Å². The molecule has 1 atom stereocenters. The Morgan fingerprint density at radius 2 is 2.50 bits per heavy atom. The van der Waals surface area contributed by atoms with Crippen molar-refractivity contribution >= 4 is 11.3 Å². The van der Waals surface area contributed by atoms with E-state index in [-0.39, 0.29) is 0 Å². The van der Waals surface area contributed by atoms with Gasteiger partial charge in [0.1, 0.15) is 0 Å². The Hall–Kier alpha value is -1.13. The minimum absolute atomic E-state index is 0.401. The smallest absolute Gasteiger partial charge is 0.0490 e. The maximum absolute atomic E-state index is 3.90. The van der Waals surface area contributed by atoms with E-state index in [4.69, 9.17) is 0 Å². The van der Waals surface area contributed by atoms with Crippen molar-refractivity contribution in [1.29, 1.82) is 0 Å². The molecule has 14 heavy (non-hydrogen) atoms. The van der Waals surface area contributed by atoms with E-state index >= 15 is 0 Å². The lowest BCUT2D eigenvalue weighted by atomic mass is 10.2. The number of hydrogen-bond donors (Lipinski definition) is 2. The summed E-state index contributed by atoms with van der Waals surface area (Å²) in [5.74, 6) is 0. The van der Waals surface area contributed by atoms with Gasteiger partial charge in [0.25, 0.3) is 0 Å². The Morgan fingerprint density at radius 3 is 3.14 bits per heavy atom. The summed E-state index contributed by atoms with van der Waals surface area (Å²) in [6.45, 7) is 3.00. The summed E-state index contributed by atoms with van der Waals surface area (Å²) in [5, 5.41) is 12.4. The Kier molecular flexibility index (Phi) is 2.96. The number of hydrogen-bond acceptors (Lipinski definition) is 3. The van der Waals surface area contributed by atoms with E-state index in [2.05, 4.69) is 40.0 Å². The van der Waals surface area contributed by atoms with Crippen molar-refractivity contribution in [2.75, 3.05) is 0 Å². The maximum atomic E-state index is 3.90. The highest BCUT2D eigenvalue weighted by Gasteiger charge is 2.05. The quantitative estimate of drug-likeness (QED) is 0.807. The Bertz CT molecular complexity index is 353. The van der Waals surface area contributed by atoms with E-state index < -0.39 is 0 Å². The first kappa shape index (κ1) is 9.43. The summed E-state index contributed by atoms with van der Waals surface area (Å²) in [6, 6.07) is 6.61. The second-order valence-electron chi connectivity index (χ2n) is 3.20. The van der Waals surface area contributed by atoms with E-state index in [9.17, 15) is 0 Å². The van der Waals surface area contributed by atoms with Crippen LogP contribution in [0.15, 0.2) is 29.8 Å². The summed E-state index contributed by atoms with van der Waals surface area (Å²) < 4.78 is 0. The topological polar surface area (TPSA) is 40.7 Å². The molecule has 0 saturated carbocycles. The minimum atomic E-state index is 0.401. The van der Waals surface area contributed by atoms with Gasteiger partial charge in [-0.2, -0.15) is 5.10 Å². The fourth-order valence-corrected chi connectivity index (χ4v) is 2.04. The first-order chi connectivity index (χ1) is 6.86. The molecule has 0 spiro atoms. The predicted molar refractivity (Wildman–Crippen MR) is 58.2 cm³/mol. The van der Waals surface area contributed by atoms with Crippen LogP contribution < -0.4 is 5.32 Å². The number of nitrogens with zero attached hydrogens (tertiary/aromatic N) is 1. The molecular weight excluding hydrogens is 194 g/mol. The number of H-pyrrole nitrogens is 1. The summed E-state index contributed by atoms with van der Waals surface area (Å²) in [7, 11) is 0. The summed E-state index contributed by atoms with van der Waals surface area (Å²) in [6.07, 6.45) is 1.77. The lowest BCUT2D eigenvalue weighted by Crippen LogP contribution is -2.17. The molecule has 74 valence electrons. The van der Waals surface area contributed by atoms with E-state index in [1.165, 1.54) is 4.88 Å². The number of aromatic nitrogens is 2. The van der Waals surface area contributed by atoms with Gasteiger partial charge in [-0.15, -0.1) is 11.3 Å². The van der Waals surface area contributed by atoms with Crippen LogP contribution in [0.1, 0.15) is 23.5 Å². The molecule has 1 unspecified atom stereocenters. The number of thiophene rings is 1. The molecule has 2 heterocycles. The molecule has 0 aromatic carbocycles. The highest BCUT2D eigenvalue weighted by atomic mass is 32.1. The standard InChI is InChI=1S/C10H13N3S/c1-8(10-3-2-6-14-10)11-7-9-4-5-12-13-9/h2-6,8,11H,7H2,1H3,(H,12,13). The first-order valence-corrected chi connectivity index (χ1v) is 5.49. The van der Waals surface area contributed by atoms with Crippen LogP contribution in [0.25, 0.3) is 0 Å². The average Bonchev–Trinajstić information content (AvgIpc) is 2.87. The monoisotopic (exact) mass is 207 g/mol. The van der Waals surface area contributed by atoms with Crippen molar-refractivity contribution in [3.63, 3.8) is 0 Å². The van der Waals surface area contributed by atoms with Gasteiger partial charge in [-0.05, 0) is 24.4 Å². The molecule has 0 radical (unpaired) electrons. The van der Waals surface area contributed by atoms with Gasteiger partial charge in [-0.25, -0.2) is 0 Å². The zero-order chi connectivity index (χ0) is 9.80. The molecule has 0 aliphatic carbocycles. The van der Waals surface area contributed by atoms with Crippen LogP contribution >= 0.6 is 11.3 Å². The Morgan fingerprint density at radius 1 is 1.57 bits per heavy atom. The van der Waals surface area contributed by atoms with Gasteiger partial charge in [-0.1, -0.05) is 6.07 Å². The summed E-state index contributed by atoms with van der Waals surface area (Å²) >= 11 is 1.78. The van der Waals surface area contributed by atoms with Gasteiger partial charge in [0.05, 0.1) is 0 Å². The molecule has 4 heteroatoms. The zero-order valence-corrected chi connectivity index (χ0v) is 8.84. The first-order valence-electron chi connectivity index (χ1n) is 4.61. The second-order valence-corrected chi connectivity index (χ2v) is 4.18. The molecule has 2 aromatic heterocycles. The third kappa shape index (κ3) is 2.21. The minimum Gasteiger partial charge on any atom is -0.304 e. The molecule has 0 fully saturated rings. The largest absolute Gasteiger partial charge is 0.304 e. The van der Waals surface area contributed by atoms with Crippen LogP contribution in [0, 0.1) is 0 Å². The summed E-state index contributed by atoms with van der Waals surface area (Å²) in [5.41, 5.74) is 1.12. The Labute approximate surface area is 87.2 Å². The third-order valence-corrected chi connectivity index (χ3v) is 3.18. The molecular formula is C10H13N3S. The molecule has 0 amide bonds. The number of rotatable bonds is 4. The van der Waals surface area contributed by atoms with Crippen molar-refractivity contribution in [1.82, 2.24) is 15.5 Å². The van der Waals surface area contributed by atoms with E-state index in [0.717, 1.165) is 12.2 Å². The van der Waals surface area contributed by atoms with Gasteiger partial charge in [-0.3, -0.25) is 5.10 Å². The van der Waals surface area contributed by atoms with Crippen molar-refractivity contribution in [3.8, 4) is 0 Å². The normalized spacial score (nSPS) is 12.9. The van der Waals surface area contributed by atoms with Gasteiger partial charge in [0.2, 0.25) is 0 Å². The molecule has 0 saturated heterocycles. The molecule has 2 rings (SSSR count). The van der Waals surface area contributed by atoms with E-state index in [1.54, 1.807) is 17.5 Å². The fraction of sp³-hybridized carbons (Fsp3) is 0.300. The zero-order valence-electron chi connectivity index (χ0n) is 8.03. The average molecular weight is 207 g/mol. The highest BCUT2D eigenvalue weighted by molar-refractivity contribution is 7.10. The molecule has 0 bridgehead atoms. The second kappa shape index (κ2) is 4.39. The maximum Gasteiger partial charge on any atom is 0.0490 e. The molecule has 0 aliphatic heterocycles.